The number of hydrogen-bond acceptors (Lipinski definition) is 8. The standard InChI is InChI=1S/C16H21N5O2S2/c1-2-17-15-18-19-16(25-15)24-11-14(23)21-9-7-20(8-10-21)12-3-5-13(22)6-4-12/h3-6,22H,2,7-11H2,1H3,(H,17,18). The van der Waals surface area contributed by atoms with Crippen molar-refractivity contribution in [3.8, 4) is 5.75 Å². The van der Waals surface area contributed by atoms with Gasteiger partial charge in [-0.3, -0.25) is 4.79 Å². The van der Waals surface area contributed by atoms with Crippen LogP contribution in [0.25, 0.3) is 0 Å². The van der Waals surface area contributed by atoms with Crippen molar-refractivity contribution in [2.75, 3.05) is 48.7 Å². The number of carbonyl (C=O) groups excluding carboxylic acids is 1. The maximum atomic E-state index is 12.4. The second-order valence-electron chi connectivity index (χ2n) is 5.58. The molecule has 7 nitrogen and oxygen atoms in total. The van der Waals surface area contributed by atoms with Crippen LogP contribution in [0.2, 0.25) is 0 Å². The van der Waals surface area contributed by atoms with Gasteiger partial charge in [0, 0.05) is 38.4 Å². The predicted molar refractivity (Wildman–Crippen MR) is 102 cm³/mol. The van der Waals surface area contributed by atoms with Gasteiger partial charge in [0.1, 0.15) is 5.75 Å². The van der Waals surface area contributed by atoms with E-state index in [0.717, 1.165) is 34.8 Å². The van der Waals surface area contributed by atoms with E-state index in [4.69, 9.17) is 0 Å². The fraction of sp³-hybridized carbons (Fsp3) is 0.438. The summed E-state index contributed by atoms with van der Waals surface area (Å²) in [6.07, 6.45) is 0. The van der Waals surface area contributed by atoms with Crippen LogP contribution in [0, 0.1) is 0 Å². The number of amides is 1. The molecule has 2 N–H and O–H groups in total. The zero-order chi connectivity index (χ0) is 17.6. The second-order valence-corrected chi connectivity index (χ2v) is 7.78. The molecular formula is C16H21N5O2S2. The summed E-state index contributed by atoms with van der Waals surface area (Å²) in [6, 6.07) is 7.18. The molecule has 134 valence electrons. The smallest absolute Gasteiger partial charge is 0.233 e. The van der Waals surface area contributed by atoms with Crippen molar-refractivity contribution in [2.24, 2.45) is 0 Å². The topological polar surface area (TPSA) is 81.6 Å². The van der Waals surface area contributed by atoms with E-state index >= 15 is 0 Å². The molecule has 0 bridgehead atoms. The molecule has 0 unspecified atom stereocenters. The Morgan fingerprint density at radius 1 is 1.24 bits per heavy atom. The Morgan fingerprint density at radius 2 is 1.96 bits per heavy atom. The number of hydrogen-bond donors (Lipinski definition) is 2. The van der Waals surface area contributed by atoms with Crippen molar-refractivity contribution in [3.63, 3.8) is 0 Å². The summed E-state index contributed by atoms with van der Waals surface area (Å²) in [4.78, 5) is 16.5. The summed E-state index contributed by atoms with van der Waals surface area (Å²) in [5.74, 6) is 0.791. The van der Waals surface area contributed by atoms with E-state index in [1.54, 1.807) is 12.1 Å². The highest BCUT2D eigenvalue weighted by Gasteiger charge is 2.21. The normalized spacial score (nSPS) is 14.6. The summed E-state index contributed by atoms with van der Waals surface area (Å²) >= 11 is 2.92. The van der Waals surface area contributed by atoms with Crippen LogP contribution < -0.4 is 10.2 Å². The first kappa shape index (κ1) is 17.8. The fourth-order valence-corrected chi connectivity index (χ4v) is 4.31. The van der Waals surface area contributed by atoms with Crippen molar-refractivity contribution >= 4 is 39.8 Å². The van der Waals surface area contributed by atoms with E-state index in [9.17, 15) is 9.90 Å². The van der Waals surface area contributed by atoms with E-state index in [1.165, 1.54) is 23.1 Å². The quantitative estimate of drug-likeness (QED) is 0.744. The van der Waals surface area contributed by atoms with Crippen molar-refractivity contribution in [2.45, 2.75) is 11.3 Å². The van der Waals surface area contributed by atoms with Gasteiger partial charge in [-0.05, 0) is 31.2 Å². The van der Waals surface area contributed by atoms with Crippen LogP contribution in [-0.2, 0) is 4.79 Å². The lowest BCUT2D eigenvalue weighted by molar-refractivity contribution is -0.128. The number of rotatable bonds is 6. The van der Waals surface area contributed by atoms with E-state index in [2.05, 4.69) is 20.4 Å². The minimum Gasteiger partial charge on any atom is -0.508 e. The van der Waals surface area contributed by atoms with Gasteiger partial charge in [0.05, 0.1) is 5.75 Å². The Bertz CT molecular complexity index is 699. The molecule has 3 rings (SSSR count). The van der Waals surface area contributed by atoms with Gasteiger partial charge in [-0.15, -0.1) is 10.2 Å². The van der Waals surface area contributed by atoms with E-state index in [1.807, 2.05) is 24.0 Å². The van der Waals surface area contributed by atoms with Gasteiger partial charge in [0.25, 0.3) is 0 Å². The molecule has 0 radical (unpaired) electrons. The molecule has 0 atom stereocenters. The lowest BCUT2D eigenvalue weighted by Gasteiger charge is -2.36. The SMILES string of the molecule is CCNc1nnc(SCC(=O)N2CCN(c3ccc(O)cc3)CC2)s1. The van der Waals surface area contributed by atoms with Crippen LogP contribution in [0.15, 0.2) is 28.6 Å². The Labute approximate surface area is 155 Å². The van der Waals surface area contributed by atoms with Gasteiger partial charge in [-0.1, -0.05) is 23.1 Å². The highest BCUT2D eigenvalue weighted by molar-refractivity contribution is 8.01. The van der Waals surface area contributed by atoms with Crippen LogP contribution in [0.5, 0.6) is 5.75 Å². The summed E-state index contributed by atoms with van der Waals surface area (Å²) in [6.45, 7) is 5.83. The number of benzene rings is 1. The molecule has 1 aromatic heterocycles. The van der Waals surface area contributed by atoms with Gasteiger partial charge in [-0.25, -0.2) is 0 Å². The number of anilines is 2. The summed E-state index contributed by atoms with van der Waals surface area (Å²) < 4.78 is 0.812. The molecular weight excluding hydrogens is 358 g/mol. The number of nitrogens with zero attached hydrogens (tertiary/aromatic N) is 4. The number of piperazine rings is 1. The highest BCUT2D eigenvalue weighted by Crippen LogP contribution is 2.26. The fourth-order valence-electron chi connectivity index (χ4n) is 2.58. The third kappa shape index (κ3) is 4.76. The number of phenolic OH excluding ortho intramolecular Hbond substituents is 1. The predicted octanol–water partition coefficient (Wildman–Crippen LogP) is 2.12. The first-order valence-corrected chi connectivity index (χ1v) is 9.98. The van der Waals surface area contributed by atoms with Gasteiger partial charge in [0.2, 0.25) is 11.0 Å². The van der Waals surface area contributed by atoms with E-state index in [0.29, 0.717) is 18.8 Å². The molecule has 0 saturated carbocycles. The van der Waals surface area contributed by atoms with Crippen molar-refractivity contribution in [1.29, 1.82) is 0 Å². The minimum atomic E-state index is 0.135. The highest BCUT2D eigenvalue weighted by atomic mass is 32.2. The average Bonchev–Trinajstić information content (AvgIpc) is 3.08. The van der Waals surface area contributed by atoms with Crippen molar-refractivity contribution < 1.29 is 9.90 Å². The lowest BCUT2D eigenvalue weighted by atomic mass is 10.2. The van der Waals surface area contributed by atoms with E-state index < -0.39 is 0 Å². The number of aromatic hydroxyl groups is 1. The third-order valence-corrected chi connectivity index (χ3v) is 5.90. The molecule has 1 amide bonds. The second kappa shape index (κ2) is 8.39. The summed E-state index contributed by atoms with van der Waals surface area (Å²) in [7, 11) is 0. The lowest BCUT2D eigenvalue weighted by Crippen LogP contribution is -2.49. The molecule has 2 heterocycles. The molecule has 25 heavy (non-hydrogen) atoms. The first-order valence-electron chi connectivity index (χ1n) is 8.17. The average molecular weight is 380 g/mol. The Morgan fingerprint density at radius 3 is 2.64 bits per heavy atom. The van der Waals surface area contributed by atoms with Crippen molar-refractivity contribution in [3.05, 3.63) is 24.3 Å². The maximum Gasteiger partial charge on any atom is 0.233 e. The van der Waals surface area contributed by atoms with Gasteiger partial charge in [0.15, 0.2) is 4.34 Å². The zero-order valence-corrected chi connectivity index (χ0v) is 15.6. The molecule has 9 heteroatoms. The number of nitrogens with one attached hydrogen (secondary N) is 1. The Balaban J connectivity index is 1.45. The molecule has 0 aliphatic carbocycles. The summed E-state index contributed by atoms with van der Waals surface area (Å²) in [5.41, 5.74) is 1.07. The van der Waals surface area contributed by atoms with Crippen molar-refractivity contribution in [1.82, 2.24) is 15.1 Å². The number of thioether (sulfide) groups is 1. The number of carbonyl (C=O) groups is 1. The number of phenols is 1. The summed E-state index contributed by atoms with van der Waals surface area (Å²) in [5, 5.41) is 21.4. The van der Waals surface area contributed by atoms with Gasteiger partial charge < -0.3 is 20.2 Å². The van der Waals surface area contributed by atoms with Crippen LogP contribution in [0.3, 0.4) is 0 Å². The van der Waals surface area contributed by atoms with Crippen LogP contribution in [0.1, 0.15) is 6.92 Å². The van der Waals surface area contributed by atoms with E-state index in [-0.39, 0.29) is 11.7 Å². The minimum absolute atomic E-state index is 0.135. The van der Waals surface area contributed by atoms with Crippen LogP contribution in [0.4, 0.5) is 10.8 Å². The molecule has 1 aliphatic heterocycles. The molecule has 0 spiro atoms. The molecule has 1 saturated heterocycles. The first-order chi connectivity index (χ1) is 12.2. The molecule has 1 aromatic carbocycles. The maximum absolute atomic E-state index is 12.4. The Kier molecular flexibility index (Phi) is 5.98. The molecule has 1 fully saturated rings. The largest absolute Gasteiger partial charge is 0.508 e. The molecule has 1 aliphatic rings. The number of aromatic nitrogens is 2. The third-order valence-electron chi connectivity index (χ3n) is 3.90. The van der Waals surface area contributed by atoms with Crippen LogP contribution >= 0.6 is 23.1 Å². The van der Waals surface area contributed by atoms with Gasteiger partial charge >= 0.3 is 0 Å². The van der Waals surface area contributed by atoms with Crippen LogP contribution in [-0.4, -0.2) is 64.6 Å². The monoisotopic (exact) mass is 379 g/mol. The zero-order valence-electron chi connectivity index (χ0n) is 14.0. The van der Waals surface area contributed by atoms with Gasteiger partial charge in [-0.2, -0.15) is 0 Å². The molecule has 2 aromatic rings. The Hall–Kier alpha value is -2.00.